The number of carbonyl (C=O) groups excluding carboxylic acids is 1. The summed E-state index contributed by atoms with van der Waals surface area (Å²) in [6.45, 7) is 5.93. The summed E-state index contributed by atoms with van der Waals surface area (Å²) < 4.78 is 5.20. The maximum Gasteiger partial charge on any atom is 0.287 e. The van der Waals surface area contributed by atoms with E-state index in [1.165, 1.54) is 6.26 Å². The van der Waals surface area contributed by atoms with E-state index in [1.807, 2.05) is 44.2 Å². The molecular formula is C18H23NO3. The highest BCUT2D eigenvalue weighted by Crippen LogP contribution is 2.26. The highest BCUT2D eigenvalue weighted by Gasteiger charge is 2.31. The van der Waals surface area contributed by atoms with E-state index in [-0.39, 0.29) is 5.91 Å². The third-order valence-corrected chi connectivity index (χ3v) is 4.18. The number of carbonyl (C=O) groups is 1. The predicted molar refractivity (Wildman–Crippen MR) is 85.7 cm³/mol. The van der Waals surface area contributed by atoms with Gasteiger partial charge in [-0.3, -0.25) is 4.79 Å². The monoisotopic (exact) mass is 301 g/mol. The number of hydrogen-bond donors (Lipinski definition) is 2. The molecule has 0 aliphatic carbocycles. The molecule has 0 saturated heterocycles. The number of furan rings is 1. The van der Waals surface area contributed by atoms with E-state index >= 15 is 0 Å². The Labute approximate surface area is 131 Å². The van der Waals surface area contributed by atoms with Crippen molar-refractivity contribution < 1.29 is 14.3 Å². The molecule has 2 atom stereocenters. The van der Waals surface area contributed by atoms with Crippen LogP contribution in [0, 0.1) is 12.3 Å². The molecule has 118 valence electrons. The standard InChI is InChI=1S/C18H23NO3/c1-13-9-10-22-16(13)17(21)19-12-18(3,14(2)20)11-15-7-5-4-6-8-15/h4-10,14,20H,11-12H2,1-3H3,(H,19,21). The summed E-state index contributed by atoms with van der Waals surface area (Å²) in [6.07, 6.45) is 1.64. The maximum absolute atomic E-state index is 12.2. The van der Waals surface area contributed by atoms with E-state index < -0.39 is 11.5 Å². The molecule has 1 heterocycles. The van der Waals surface area contributed by atoms with Crippen molar-refractivity contribution in [2.75, 3.05) is 6.54 Å². The molecule has 2 aromatic rings. The van der Waals surface area contributed by atoms with Gasteiger partial charge in [-0.25, -0.2) is 0 Å². The molecule has 0 bridgehead atoms. The van der Waals surface area contributed by atoms with Gasteiger partial charge in [0, 0.05) is 17.5 Å². The lowest BCUT2D eigenvalue weighted by atomic mass is 9.79. The number of rotatable bonds is 6. The van der Waals surface area contributed by atoms with Gasteiger partial charge in [-0.2, -0.15) is 0 Å². The lowest BCUT2D eigenvalue weighted by Crippen LogP contribution is -2.43. The van der Waals surface area contributed by atoms with Crippen LogP contribution in [0.3, 0.4) is 0 Å². The van der Waals surface area contributed by atoms with E-state index in [0.717, 1.165) is 11.1 Å². The van der Waals surface area contributed by atoms with Crippen molar-refractivity contribution in [1.29, 1.82) is 0 Å². The molecule has 2 rings (SSSR count). The molecule has 22 heavy (non-hydrogen) atoms. The topological polar surface area (TPSA) is 62.5 Å². The van der Waals surface area contributed by atoms with Crippen molar-refractivity contribution in [1.82, 2.24) is 5.32 Å². The molecule has 2 N–H and O–H groups in total. The minimum absolute atomic E-state index is 0.248. The van der Waals surface area contributed by atoms with Crippen LogP contribution in [0.1, 0.15) is 35.5 Å². The Kier molecular flexibility index (Phi) is 5.03. The van der Waals surface area contributed by atoms with Gasteiger partial charge in [-0.1, -0.05) is 37.3 Å². The van der Waals surface area contributed by atoms with Gasteiger partial charge in [0.15, 0.2) is 5.76 Å². The predicted octanol–water partition coefficient (Wildman–Crippen LogP) is 2.95. The van der Waals surface area contributed by atoms with Crippen LogP contribution >= 0.6 is 0 Å². The van der Waals surface area contributed by atoms with Gasteiger partial charge in [0.25, 0.3) is 5.91 Å². The zero-order valence-electron chi connectivity index (χ0n) is 13.3. The van der Waals surface area contributed by atoms with Gasteiger partial charge in [0.2, 0.25) is 0 Å². The third-order valence-electron chi connectivity index (χ3n) is 4.18. The maximum atomic E-state index is 12.2. The first kappa shape index (κ1) is 16.3. The van der Waals surface area contributed by atoms with Gasteiger partial charge in [0.1, 0.15) is 0 Å². The second-order valence-electron chi connectivity index (χ2n) is 6.11. The first-order chi connectivity index (χ1) is 10.4. The summed E-state index contributed by atoms with van der Waals surface area (Å²) >= 11 is 0. The summed E-state index contributed by atoms with van der Waals surface area (Å²) in [5.41, 5.74) is 1.49. The number of aryl methyl sites for hydroxylation is 1. The second-order valence-corrected chi connectivity index (χ2v) is 6.11. The summed E-state index contributed by atoms with van der Waals surface area (Å²) in [5.74, 6) is 0.0788. The molecule has 0 aliphatic rings. The second kappa shape index (κ2) is 6.79. The average molecular weight is 301 g/mol. The van der Waals surface area contributed by atoms with E-state index in [2.05, 4.69) is 5.32 Å². The van der Waals surface area contributed by atoms with Crippen LogP contribution in [-0.4, -0.2) is 23.7 Å². The summed E-state index contributed by atoms with van der Waals surface area (Å²) in [7, 11) is 0. The molecule has 1 aromatic carbocycles. The molecule has 0 saturated carbocycles. The van der Waals surface area contributed by atoms with Gasteiger partial charge in [-0.15, -0.1) is 0 Å². The van der Waals surface area contributed by atoms with Crippen molar-refractivity contribution in [2.45, 2.75) is 33.3 Å². The molecule has 4 nitrogen and oxygen atoms in total. The van der Waals surface area contributed by atoms with Gasteiger partial charge < -0.3 is 14.8 Å². The highest BCUT2D eigenvalue weighted by atomic mass is 16.3. The average Bonchev–Trinajstić information content (AvgIpc) is 2.92. The number of amides is 1. The minimum Gasteiger partial charge on any atom is -0.459 e. The fourth-order valence-electron chi connectivity index (χ4n) is 2.39. The molecule has 1 amide bonds. The van der Waals surface area contributed by atoms with E-state index in [9.17, 15) is 9.90 Å². The summed E-state index contributed by atoms with van der Waals surface area (Å²) in [5, 5.41) is 13.0. The Hall–Kier alpha value is -2.07. The first-order valence-electron chi connectivity index (χ1n) is 7.47. The largest absolute Gasteiger partial charge is 0.459 e. The number of hydrogen-bond acceptors (Lipinski definition) is 3. The van der Waals surface area contributed by atoms with Crippen LogP contribution < -0.4 is 5.32 Å². The highest BCUT2D eigenvalue weighted by molar-refractivity contribution is 5.92. The zero-order chi connectivity index (χ0) is 16.2. The molecule has 0 spiro atoms. The molecule has 0 radical (unpaired) electrons. The van der Waals surface area contributed by atoms with Gasteiger partial charge in [-0.05, 0) is 31.9 Å². The first-order valence-corrected chi connectivity index (χ1v) is 7.47. The number of aliphatic hydroxyl groups excluding tert-OH is 1. The smallest absolute Gasteiger partial charge is 0.287 e. The summed E-state index contributed by atoms with van der Waals surface area (Å²) in [6, 6.07) is 11.7. The van der Waals surface area contributed by atoms with Crippen molar-refractivity contribution in [3.05, 3.63) is 59.5 Å². The molecule has 0 fully saturated rings. The Morgan fingerprint density at radius 1 is 1.32 bits per heavy atom. The van der Waals surface area contributed by atoms with Crippen molar-refractivity contribution in [3.8, 4) is 0 Å². The van der Waals surface area contributed by atoms with Crippen molar-refractivity contribution in [3.63, 3.8) is 0 Å². The van der Waals surface area contributed by atoms with Crippen LogP contribution in [0.15, 0.2) is 47.1 Å². The van der Waals surface area contributed by atoms with Crippen LogP contribution in [0.25, 0.3) is 0 Å². The Morgan fingerprint density at radius 3 is 2.55 bits per heavy atom. The Morgan fingerprint density at radius 2 is 2.00 bits per heavy atom. The van der Waals surface area contributed by atoms with Crippen LogP contribution in [0.4, 0.5) is 0 Å². The zero-order valence-corrected chi connectivity index (χ0v) is 13.3. The fourth-order valence-corrected chi connectivity index (χ4v) is 2.39. The number of nitrogens with one attached hydrogen (secondary N) is 1. The molecule has 4 heteroatoms. The van der Waals surface area contributed by atoms with Gasteiger partial charge >= 0.3 is 0 Å². The van der Waals surface area contributed by atoms with Crippen molar-refractivity contribution >= 4 is 5.91 Å². The molecular weight excluding hydrogens is 278 g/mol. The van der Waals surface area contributed by atoms with Crippen LogP contribution in [0.2, 0.25) is 0 Å². The SMILES string of the molecule is Cc1ccoc1C(=O)NCC(C)(Cc1ccccc1)C(C)O. The Bertz CT molecular complexity index is 618. The van der Waals surface area contributed by atoms with Crippen molar-refractivity contribution in [2.24, 2.45) is 5.41 Å². The lowest BCUT2D eigenvalue weighted by Gasteiger charge is -2.33. The molecule has 0 aliphatic heterocycles. The Balaban J connectivity index is 2.05. The lowest BCUT2D eigenvalue weighted by molar-refractivity contribution is 0.0495. The number of benzene rings is 1. The van der Waals surface area contributed by atoms with Crippen LogP contribution in [-0.2, 0) is 6.42 Å². The summed E-state index contributed by atoms with van der Waals surface area (Å²) in [4.78, 5) is 12.2. The minimum atomic E-state index is -0.550. The fraction of sp³-hybridized carbons (Fsp3) is 0.389. The van der Waals surface area contributed by atoms with Gasteiger partial charge in [0.05, 0.1) is 12.4 Å². The van der Waals surface area contributed by atoms with E-state index in [4.69, 9.17) is 4.42 Å². The number of aliphatic hydroxyl groups is 1. The molecule has 2 unspecified atom stereocenters. The normalized spacial score (nSPS) is 15.1. The van der Waals surface area contributed by atoms with E-state index in [1.54, 1.807) is 13.0 Å². The van der Waals surface area contributed by atoms with Crippen LogP contribution in [0.5, 0.6) is 0 Å². The molecule has 1 aromatic heterocycles. The van der Waals surface area contributed by atoms with E-state index in [0.29, 0.717) is 18.7 Å². The third kappa shape index (κ3) is 3.77. The quantitative estimate of drug-likeness (QED) is 0.862.